The van der Waals surface area contributed by atoms with Gasteiger partial charge in [0.25, 0.3) is 5.91 Å². The Hall–Kier alpha value is -1.59. The van der Waals surface area contributed by atoms with Gasteiger partial charge >= 0.3 is 6.03 Å². The molecule has 0 saturated carbocycles. The first-order valence-electron chi connectivity index (χ1n) is 8.32. The van der Waals surface area contributed by atoms with Crippen molar-refractivity contribution in [3.8, 4) is 0 Å². The predicted molar refractivity (Wildman–Crippen MR) is 83.1 cm³/mol. The van der Waals surface area contributed by atoms with Gasteiger partial charge in [-0.25, -0.2) is 4.79 Å². The second-order valence-corrected chi connectivity index (χ2v) is 6.56. The molecule has 2 aliphatic rings. The fourth-order valence-corrected chi connectivity index (χ4v) is 3.62. The summed E-state index contributed by atoms with van der Waals surface area (Å²) in [5, 5.41) is 2.76. The summed E-state index contributed by atoms with van der Waals surface area (Å²) in [6.07, 6.45) is 2.98. The number of hydrogen-bond donors (Lipinski definition) is 1. The van der Waals surface area contributed by atoms with Crippen LogP contribution in [0.15, 0.2) is 0 Å². The maximum atomic E-state index is 12.5. The van der Waals surface area contributed by atoms with E-state index in [1.54, 1.807) is 0 Å². The lowest BCUT2D eigenvalue weighted by Gasteiger charge is -2.26. The molecular weight excluding hydrogens is 282 g/mol. The van der Waals surface area contributed by atoms with Crippen LogP contribution in [0.1, 0.15) is 53.4 Å². The van der Waals surface area contributed by atoms with Gasteiger partial charge < -0.3 is 10.2 Å². The minimum atomic E-state index is -0.834. The minimum absolute atomic E-state index is 0.122. The van der Waals surface area contributed by atoms with Crippen molar-refractivity contribution in [2.75, 3.05) is 13.1 Å². The maximum Gasteiger partial charge on any atom is 0.325 e. The van der Waals surface area contributed by atoms with Crippen molar-refractivity contribution in [2.24, 2.45) is 5.92 Å². The van der Waals surface area contributed by atoms with Gasteiger partial charge in [-0.1, -0.05) is 27.7 Å². The summed E-state index contributed by atoms with van der Waals surface area (Å²) in [6, 6.07) is -0.215. The molecule has 124 valence electrons. The van der Waals surface area contributed by atoms with E-state index in [-0.39, 0.29) is 24.4 Å². The van der Waals surface area contributed by atoms with Gasteiger partial charge in [0.1, 0.15) is 12.1 Å². The number of imide groups is 1. The van der Waals surface area contributed by atoms with Crippen molar-refractivity contribution >= 4 is 17.8 Å². The molecule has 2 fully saturated rings. The molecule has 2 atom stereocenters. The van der Waals surface area contributed by atoms with E-state index in [1.165, 1.54) is 0 Å². The molecule has 0 aromatic rings. The van der Waals surface area contributed by atoms with Gasteiger partial charge in [0.2, 0.25) is 5.91 Å². The first-order valence-corrected chi connectivity index (χ1v) is 8.32. The lowest BCUT2D eigenvalue weighted by atomic mass is 9.93. The molecule has 2 saturated heterocycles. The SMILES string of the molecule is CC[C@H]1C[C@H](C)CN1C(=O)CN1C(=O)NC(CC)(CC)C1=O. The number of urea groups is 1. The molecule has 22 heavy (non-hydrogen) atoms. The first kappa shape index (κ1) is 16.8. The van der Waals surface area contributed by atoms with Crippen LogP contribution >= 0.6 is 0 Å². The average molecular weight is 309 g/mol. The van der Waals surface area contributed by atoms with Gasteiger partial charge in [0, 0.05) is 12.6 Å². The molecule has 1 N–H and O–H groups in total. The zero-order chi connectivity index (χ0) is 16.5. The molecule has 0 aliphatic carbocycles. The van der Waals surface area contributed by atoms with E-state index in [0.29, 0.717) is 25.3 Å². The zero-order valence-electron chi connectivity index (χ0n) is 14.0. The average Bonchev–Trinajstić information content (AvgIpc) is 3.00. The maximum absolute atomic E-state index is 12.5. The highest BCUT2D eigenvalue weighted by Gasteiger charge is 2.49. The van der Waals surface area contributed by atoms with Gasteiger partial charge in [-0.15, -0.1) is 0 Å². The Morgan fingerprint density at radius 1 is 1.27 bits per heavy atom. The molecule has 6 heteroatoms. The molecule has 4 amide bonds. The normalized spacial score (nSPS) is 27.5. The highest BCUT2D eigenvalue weighted by Crippen LogP contribution is 2.27. The molecular formula is C16H27N3O3. The van der Waals surface area contributed by atoms with Gasteiger partial charge in [-0.2, -0.15) is 0 Å². The lowest BCUT2D eigenvalue weighted by molar-refractivity contribution is -0.139. The standard InChI is InChI=1S/C16H27N3O3/c1-5-12-8-11(4)9-18(12)13(20)10-19-14(21)16(6-2,7-3)17-15(19)22/h11-12H,5-10H2,1-4H3,(H,17,22)/t11-,12-/m0/s1. The van der Waals surface area contributed by atoms with Crippen LogP contribution in [0.25, 0.3) is 0 Å². The second kappa shape index (κ2) is 6.26. The summed E-state index contributed by atoms with van der Waals surface area (Å²) in [6.45, 7) is 8.52. The molecule has 0 spiro atoms. The lowest BCUT2D eigenvalue weighted by Crippen LogP contribution is -2.47. The van der Waals surface area contributed by atoms with Crippen molar-refractivity contribution in [3.05, 3.63) is 0 Å². The molecule has 0 radical (unpaired) electrons. The van der Waals surface area contributed by atoms with E-state index in [1.807, 2.05) is 18.7 Å². The second-order valence-electron chi connectivity index (χ2n) is 6.56. The summed E-state index contributed by atoms with van der Waals surface area (Å²) in [5.41, 5.74) is -0.834. The van der Waals surface area contributed by atoms with Gasteiger partial charge in [0.05, 0.1) is 0 Å². The number of carbonyl (C=O) groups is 3. The van der Waals surface area contributed by atoms with Crippen LogP contribution in [0.3, 0.4) is 0 Å². The Kier molecular flexibility index (Phi) is 4.78. The Labute approximate surface area is 132 Å². The third-order valence-electron chi connectivity index (χ3n) is 5.16. The molecule has 0 unspecified atom stereocenters. The molecule has 0 bridgehead atoms. The van der Waals surface area contributed by atoms with Crippen LogP contribution in [0, 0.1) is 5.92 Å². The monoisotopic (exact) mass is 309 g/mol. The number of rotatable bonds is 5. The summed E-state index contributed by atoms with van der Waals surface area (Å²) in [5.74, 6) is 0.0845. The van der Waals surface area contributed by atoms with E-state index < -0.39 is 11.6 Å². The summed E-state index contributed by atoms with van der Waals surface area (Å²) in [4.78, 5) is 40.1. The van der Waals surface area contributed by atoms with Crippen LogP contribution in [0.2, 0.25) is 0 Å². The highest BCUT2D eigenvalue weighted by atomic mass is 16.2. The summed E-state index contributed by atoms with van der Waals surface area (Å²) >= 11 is 0. The highest BCUT2D eigenvalue weighted by molar-refractivity contribution is 6.09. The van der Waals surface area contributed by atoms with E-state index >= 15 is 0 Å². The van der Waals surface area contributed by atoms with Crippen LogP contribution in [0.5, 0.6) is 0 Å². The van der Waals surface area contributed by atoms with Crippen LogP contribution in [0.4, 0.5) is 4.79 Å². The Balaban J connectivity index is 2.09. The van der Waals surface area contributed by atoms with Gasteiger partial charge in [0.15, 0.2) is 0 Å². The molecule has 6 nitrogen and oxygen atoms in total. The molecule has 2 rings (SSSR count). The van der Waals surface area contributed by atoms with Crippen molar-refractivity contribution in [1.82, 2.24) is 15.1 Å². The van der Waals surface area contributed by atoms with Gasteiger partial charge in [-0.3, -0.25) is 14.5 Å². The fraction of sp³-hybridized carbons (Fsp3) is 0.812. The summed E-state index contributed by atoms with van der Waals surface area (Å²) < 4.78 is 0. The van der Waals surface area contributed by atoms with E-state index in [4.69, 9.17) is 0 Å². The topological polar surface area (TPSA) is 69.7 Å². The Morgan fingerprint density at radius 3 is 2.41 bits per heavy atom. The van der Waals surface area contributed by atoms with Crippen molar-refractivity contribution in [1.29, 1.82) is 0 Å². The number of amides is 4. The zero-order valence-corrected chi connectivity index (χ0v) is 14.0. The first-order chi connectivity index (χ1) is 10.4. The number of carbonyl (C=O) groups excluding carboxylic acids is 3. The largest absolute Gasteiger partial charge is 0.338 e. The molecule has 0 aromatic heterocycles. The minimum Gasteiger partial charge on any atom is -0.338 e. The van der Waals surface area contributed by atoms with Crippen molar-refractivity contribution < 1.29 is 14.4 Å². The predicted octanol–water partition coefficient (Wildman–Crippen LogP) is 1.74. The Bertz CT molecular complexity index is 473. The summed E-state index contributed by atoms with van der Waals surface area (Å²) in [7, 11) is 0. The quantitative estimate of drug-likeness (QED) is 0.787. The Morgan fingerprint density at radius 2 is 1.91 bits per heavy atom. The van der Waals surface area contributed by atoms with Crippen LogP contribution < -0.4 is 5.32 Å². The van der Waals surface area contributed by atoms with E-state index in [2.05, 4.69) is 19.2 Å². The number of nitrogens with zero attached hydrogens (tertiary/aromatic N) is 2. The van der Waals surface area contributed by atoms with E-state index in [0.717, 1.165) is 17.7 Å². The fourth-order valence-electron chi connectivity index (χ4n) is 3.62. The third-order valence-corrected chi connectivity index (χ3v) is 5.16. The van der Waals surface area contributed by atoms with Crippen LogP contribution in [-0.4, -0.2) is 52.3 Å². The van der Waals surface area contributed by atoms with Crippen molar-refractivity contribution in [3.63, 3.8) is 0 Å². The molecule has 2 aliphatic heterocycles. The van der Waals surface area contributed by atoms with Crippen molar-refractivity contribution in [2.45, 2.75) is 65.0 Å². The third kappa shape index (κ3) is 2.71. The van der Waals surface area contributed by atoms with Gasteiger partial charge in [-0.05, 0) is 31.6 Å². The number of likely N-dealkylation sites (tertiary alicyclic amines) is 1. The molecule has 0 aromatic carbocycles. The van der Waals surface area contributed by atoms with Crippen LogP contribution in [-0.2, 0) is 9.59 Å². The van der Waals surface area contributed by atoms with E-state index in [9.17, 15) is 14.4 Å². The number of hydrogen-bond acceptors (Lipinski definition) is 3. The smallest absolute Gasteiger partial charge is 0.325 e. The number of nitrogens with one attached hydrogen (secondary N) is 1. The molecule has 2 heterocycles.